The van der Waals surface area contributed by atoms with Gasteiger partial charge in [-0.25, -0.2) is 0 Å². The smallest absolute Gasteiger partial charge is 0.308 e. The van der Waals surface area contributed by atoms with Crippen molar-refractivity contribution in [2.45, 2.75) is 39.8 Å². The van der Waals surface area contributed by atoms with Crippen LogP contribution in [0.4, 0.5) is 5.69 Å². The van der Waals surface area contributed by atoms with Gasteiger partial charge in [-0.05, 0) is 74.7 Å². The van der Waals surface area contributed by atoms with E-state index in [4.69, 9.17) is 0 Å². The van der Waals surface area contributed by atoms with Crippen LogP contribution in [0.5, 0.6) is 0 Å². The largest absolute Gasteiger partial charge is 0.322 e. The summed E-state index contributed by atoms with van der Waals surface area (Å²) in [4.78, 5) is 27.2. The quantitative estimate of drug-likeness (QED) is 0.672. The maximum absolute atomic E-state index is 12.6. The lowest BCUT2D eigenvalue weighted by atomic mass is 9.99. The van der Waals surface area contributed by atoms with E-state index in [0.717, 1.165) is 35.8 Å². The lowest BCUT2D eigenvalue weighted by Crippen LogP contribution is -2.32. The first-order valence-corrected chi connectivity index (χ1v) is 11.1. The van der Waals surface area contributed by atoms with Crippen molar-refractivity contribution in [2.75, 3.05) is 18.4 Å². The molecule has 1 fully saturated rings. The molecule has 2 heterocycles. The van der Waals surface area contributed by atoms with E-state index < -0.39 is 0 Å². The summed E-state index contributed by atoms with van der Waals surface area (Å²) in [5.74, 6) is 0.697. The number of carbonyl (C=O) groups is 1. The number of nitrogens with zero attached hydrogens (tertiary/aromatic N) is 2. The maximum Gasteiger partial charge on any atom is 0.308 e. The fraction of sp³-hybridized carbons (Fsp3) is 0.391. The number of carbonyl (C=O) groups excluding carboxylic acids is 1. The molecule has 0 bridgehead atoms. The molecule has 0 aliphatic carbocycles. The van der Waals surface area contributed by atoms with Gasteiger partial charge in [0.15, 0.2) is 0 Å². The van der Waals surface area contributed by atoms with Gasteiger partial charge in [0.05, 0.1) is 10.2 Å². The van der Waals surface area contributed by atoms with Crippen molar-refractivity contribution in [3.05, 3.63) is 63.3 Å². The molecule has 0 unspecified atom stereocenters. The number of benzene rings is 2. The van der Waals surface area contributed by atoms with E-state index in [1.807, 2.05) is 49.4 Å². The van der Waals surface area contributed by atoms with Crippen LogP contribution in [0, 0.1) is 5.92 Å². The number of aryl methyl sites for hydroxylation is 1. The van der Waals surface area contributed by atoms with E-state index in [1.54, 1.807) is 4.57 Å². The topological polar surface area (TPSA) is 54.3 Å². The zero-order valence-corrected chi connectivity index (χ0v) is 17.8. The molecule has 0 spiro atoms. The molecule has 3 aromatic rings. The molecule has 1 aliphatic heterocycles. The third kappa shape index (κ3) is 4.43. The molecule has 1 aromatic heterocycles. The summed E-state index contributed by atoms with van der Waals surface area (Å²) in [6.07, 6.45) is 2.53. The molecule has 4 rings (SSSR count). The Balaban J connectivity index is 1.42. The lowest BCUT2D eigenvalue weighted by Gasteiger charge is -2.30. The molecule has 1 saturated heterocycles. The summed E-state index contributed by atoms with van der Waals surface area (Å²) in [6.45, 7) is 8.17. The van der Waals surface area contributed by atoms with Crippen LogP contribution in [-0.4, -0.2) is 28.5 Å². The molecule has 2 aromatic carbocycles. The fourth-order valence-corrected chi connectivity index (χ4v) is 4.88. The van der Waals surface area contributed by atoms with Crippen LogP contribution in [-0.2, 0) is 13.1 Å². The van der Waals surface area contributed by atoms with Crippen molar-refractivity contribution in [3.63, 3.8) is 0 Å². The second kappa shape index (κ2) is 8.51. The van der Waals surface area contributed by atoms with Crippen molar-refractivity contribution in [3.8, 4) is 0 Å². The molecule has 0 atom stereocenters. The second-order valence-electron chi connectivity index (χ2n) is 7.90. The first-order chi connectivity index (χ1) is 14.0. The van der Waals surface area contributed by atoms with Gasteiger partial charge in [-0.3, -0.25) is 19.1 Å². The number of thiazole rings is 1. The van der Waals surface area contributed by atoms with Gasteiger partial charge < -0.3 is 5.32 Å². The van der Waals surface area contributed by atoms with Gasteiger partial charge >= 0.3 is 4.87 Å². The van der Waals surface area contributed by atoms with Gasteiger partial charge in [-0.15, -0.1) is 0 Å². The fourth-order valence-electron chi connectivity index (χ4n) is 3.89. The van der Waals surface area contributed by atoms with Crippen molar-refractivity contribution in [2.24, 2.45) is 5.92 Å². The Hall–Kier alpha value is -2.44. The van der Waals surface area contributed by atoms with Gasteiger partial charge in [-0.1, -0.05) is 30.4 Å². The number of likely N-dealkylation sites (tertiary alicyclic amines) is 1. The second-order valence-corrected chi connectivity index (χ2v) is 8.90. The Morgan fingerprint density at radius 1 is 1.14 bits per heavy atom. The normalized spacial score (nSPS) is 15.7. The SMILES string of the molecule is CCn1c(=O)sc2cc(NC(=O)c3ccc(CN4CCC(C)CC4)cc3)ccc21. The highest BCUT2D eigenvalue weighted by atomic mass is 32.1. The van der Waals surface area contributed by atoms with Gasteiger partial charge in [0.2, 0.25) is 0 Å². The molecule has 6 heteroatoms. The Kier molecular flexibility index (Phi) is 5.83. The average molecular weight is 410 g/mol. The van der Waals surface area contributed by atoms with E-state index in [1.165, 1.54) is 29.7 Å². The van der Waals surface area contributed by atoms with Crippen LogP contribution in [0.3, 0.4) is 0 Å². The highest BCUT2D eigenvalue weighted by Crippen LogP contribution is 2.23. The molecule has 0 saturated carbocycles. The standard InChI is InChI=1S/C23H27N3O2S/c1-3-26-20-9-8-19(14-21(20)29-23(26)28)24-22(27)18-6-4-17(5-7-18)15-25-12-10-16(2)11-13-25/h4-9,14,16H,3,10-13,15H2,1-2H3,(H,24,27). The number of nitrogens with one attached hydrogen (secondary N) is 1. The van der Waals surface area contributed by atoms with Crippen LogP contribution >= 0.6 is 11.3 Å². The Labute approximate surface area is 175 Å². The van der Waals surface area contributed by atoms with Crippen molar-refractivity contribution in [1.29, 1.82) is 0 Å². The van der Waals surface area contributed by atoms with Crippen LogP contribution < -0.4 is 10.2 Å². The highest BCUT2D eigenvalue weighted by molar-refractivity contribution is 7.16. The number of hydrogen-bond donors (Lipinski definition) is 1. The third-order valence-corrected chi connectivity index (χ3v) is 6.68. The van der Waals surface area contributed by atoms with Crippen LogP contribution in [0.15, 0.2) is 47.3 Å². The Morgan fingerprint density at radius 2 is 1.86 bits per heavy atom. The van der Waals surface area contributed by atoms with Crippen LogP contribution in [0.2, 0.25) is 0 Å². The van der Waals surface area contributed by atoms with Crippen molar-refractivity contribution in [1.82, 2.24) is 9.47 Å². The van der Waals surface area contributed by atoms with Gasteiger partial charge in [0.25, 0.3) is 5.91 Å². The van der Waals surface area contributed by atoms with E-state index in [0.29, 0.717) is 17.8 Å². The van der Waals surface area contributed by atoms with Crippen molar-refractivity contribution >= 4 is 33.1 Å². The lowest BCUT2D eigenvalue weighted by molar-refractivity contribution is 0.102. The Bertz CT molecular complexity index is 1060. The van der Waals surface area contributed by atoms with Gasteiger partial charge in [0, 0.05) is 24.3 Å². The van der Waals surface area contributed by atoms with Gasteiger partial charge in [0.1, 0.15) is 0 Å². The summed E-state index contributed by atoms with van der Waals surface area (Å²) in [5, 5.41) is 2.95. The molecule has 29 heavy (non-hydrogen) atoms. The minimum atomic E-state index is -0.134. The zero-order chi connectivity index (χ0) is 20.4. The van der Waals surface area contributed by atoms with Crippen LogP contribution in [0.1, 0.15) is 42.6 Å². The zero-order valence-electron chi connectivity index (χ0n) is 17.0. The predicted octanol–water partition coefficient (Wildman–Crippen LogP) is 4.57. The van der Waals surface area contributed by atoms with Crippen molar-refractivity contribution < 1.29 is 4.79 Å². The molecule has 5 nitrogen and oxygen atoms in total. The van der Waals surface area contributed by atoms with E-state index in [-0.39, 0.29) is 10.8 Å². The number of piperidine rings is 1. The molecular formula is C23H27N3O2S. The predicted molar refractivity (Wildman–Crippen MR) is 120 cm³/mol. The van der Waals surface area contributed by atoms with E-state index in [2.05, 4.69) is 17.1 Å². The van der Waals surface area contributed by atoms with E-state index >= 15 is 0 Å². The first-order valence-electron chi connectivity index (χ1n) is 10.3. The average Bonchev–Trinajstić information content (AvgIpc) is 3.04. The molecule has 152 valence electrons. The highest BCUT2D eigenvalue weighted by Gasteiger charge is 2.16. The first kappa shape index (κ1) is 19.9. The van der Waals surface area contributed by atoms with E-state index in [9.17, 15) is 9.59 Å². The minimum absolute atomic E-state index is 0.0322. The summed E-state index contributed by atoms with van der Waals surface area (Å²) < 4.78 is 2.63. The Morgan fingerprint density at radius 3 is 2.55 bits per heavy atom. The number of amides is 1. The summed E-state index contributed by atoms with van der Waals surface area (Å²) in [5.41, 5.74) is 3.50. The maximum atomic E-state index is 12.6. The molecule has 1 aliphatic rings. The number of hydrogen-bond acceptors (Lipinski definition) is 4. The molecule has 1 N–H and O–H groups in total. The minimum Gasteiger partial charge on any atom is -0.322 e. The van der Waals surface area contributed by atoms with Gasteiger partial charge in [-0.2, -0.15) is 0 Å². The molecule has 1 amide bonds. The summed E-state index contributed by atoms with van der Waals surface area (Å²) in [7, 11) is 0. The molecular weight excluding hydrogens is 382 g/mol. The number of aromatic nitrogens is 1. The number of anilines is 1. The summed E-state index contributed by atoms with van der Waals surface area (Å²) in [6, 6.07) is 13.5. The number of fused-ring (bicyclic) bond motifs is 1. The summed E-state index contributed by atoms with van der Waals surface area (Å²) >= 11 is 1.21. The van der Waals surface area contributed by atoms with Crippen LogP contribution in [0.25, 0.3) is 10.2 Å². The molecule has 0 radical (unpaired) electrons. The third-order valence-electron chi connectivity index (χ3n) is 5.74. The number of rotatable bonds is 5. The monoisotopic (exact) mass is 409 g/mol.